The van der Waals surface area contributed by atoms with Crippen molar-refractivity contribution in [1.29, 1.82) is 0 Å². The fraction of sp³-hybridized carbons (Fsp3) is 0.136. The Labute approximate surface area is 178 Å². The average molecular weight is 426 g/mol. The molecule has 0 radical (unpaired) electrons. The number of amides is 2. The maximum atomic E-state index is 12.3. The molecule has 1 atom stereocenters. The first-order valence-electron chi connectivity index (χ1n) is 8.98. The first-order valence-corrected chi connectivity index (χ1v) is 10.2. The summed E-state index contributed by atoms with van der Waals surface area (Å²) in [5.41, 5.74) is 2.41. The third kappa shape index (κ3) is 6.07. The quantitative estimate of drug-likeness (QED) is 0.517. The van der Waals surface area contributed by atoms with E-state index in [1.807, 2.05) is 50.2 Å². The minimum Gasteiger partial charge on any atom is -0.322 e. The number of aryl methyl sites for hydroxylation is 1. The Morgan fingerprint density at radius 1 is 0.966 bits per heavy atom. The molecule has 3 aromatic rings. The molecule has 0 bridgehead atoms. The standard InChI is InChI=1S/C22H20ClN3O2S/c1-14-3-5-16(6-4-14)22(28)25-18-8-10-19(11-9-18)29-15(2)21(27)26-20-12-7-17(23)13-24-20/h3-13,15H,1-2H3,(H,25,28)(H,24,26,27). The van der Waals surface area contributed by atoms with E-state index in [1.165, 1.54) is 18.0 Å². The highest BCUT2D eigenvalue weighted by atomic mass is 35.5. The van der Waals surface area contributed by atoms with E-state index in [2.05, 4.69) is 15.6 Å². The normalized spacial score (nSPS) is 11.6. The van der Waals surface area contributed by atoms with E-state index in [4.69, 9.17) is 11.6 Å². The lowest BCUT2D eigenvalue weighted by Gasteiger charge is -2.12. The predicted octanol–water partition coefficient (Wildman–Crippen LogP) is 5.42. The van der Waals surface area contributed by atoms with Crippen LogP contribution in [0.15, 0.2) is 71.8 Å². The number of rotatable bonds is 6. The van der Waals surface area contributed by atoms with Gasteiger partial charge in [0.1, 0.15) is 5.82 Å². The summed E-state index contributed by atoms with van der Waals surface area (Å²) in [5.74, 6) is 0.149. The van der Waals surface area contributed by atoms with Crippen molar-refractivity contribution in [3.8, 4) is 0 Å². The van der Waals surface area contributed by atoms with Crippen molar-refractivity contribution in [2.75, 3.05) is 10.6 Å². The van der Waals surface area contributed by atoms with Gasteiger partial charge in [-0.25, -0.2) is 4.98 Å². The second kappa shape index (κ2) is 9.58. The van der Waals surface area contributed by atoms with Crippen LogP contribution in [-0.4, -0.2) is 22.0 Å². The van der Waals surface area contributed by atoms with Gasteiger partial charge in [0.2, 0.25) is 5.91 Å². The number of carbonyl (C=O) groups is 2. The van der Waals surface area contributed by atoms with Crippen molar-refractivity contribution >= 4 is 46.7 Å². The van der Waals surface area contributed by atoms with E-state index < -0.39 is 0 Å². The van der Waals surface area contributed by atoms with E-state index in [-0.39, 0.29) is 17.1 Å². The number of hydrogen-bond acceptors (Lipinski definition) is 4. The molecule has 0 saturated carbocycles. The van der Waals surface area contributed by atoms with E-state index in [9.17, 15) is 9.59 Å². The third-order valence-electron chi connectivity index (χ3n) is 4.09. The molecular formula is C22H20ClN3O2S. The van der Waals surface area contributed by atoms with Gasteiger partial charge in [-0.05, 0) is 62.4 Å². The second-order valence-corrected chi connectivity index (χ2v) is 8.31. The minimum absolute atomic E-state index is 0.151. The van der Waals surface area contributed by atoms with Crippen LogP contribution in [0, 0.1) is 6.92 Å². The number of anilines is 2. The molecule has 2 aromatic carbocycles. The molecule has 1 unspecified atom stereocenters. The SMILES string of the molecule is Cc1ccc(C(=O)Nc2ccc(SC(C)C(=O)Nc3ccc(Cl)cn3)cc2)cc1. The van der Waals surface area contributed by atoms with Crippen LogP contribution in [0.4, 0.5) is 11.5 Å². The summed E-state index contributed by atoms with van der Waals surface area (Å²) in [6, 6.07) is 18.1. The van der Waals surface area contributed by atoms with Crippen LogP contribution < -0.4 is 10.6 Å². The number of benzene rings is 2. The number of nitrogens with zero attached hydrogens (tertiary/aromatic N) is 1. The first kappa shape index (κ1) is 20.9. The number of halogens is 1. The summed E-state index contributed by atoms with van der Waals surface area (Å²) in [5, 5.41) is 5.83. The highest BCUT2D eigenvalue weighted by Gasteiger charge is 2.15. The van der Waals surface area contributed by atoms with Crippen molar-refractivity contribution in [1.82, 2.24) is 4.98 Å². The van der Waals surface area contributed by atoms with Crippen LogP contribution in [0.1, 0.15) is 22.8 Å². The van der Waals surface area contributed by atoms with Gasteiger partial charge >= 0.3 is 0 Å². The number of hydrogen-bond donors (Lipinski definition) is 2. The van der Waals surface area contributed by atoms with Gasteiger partial charge in [0.05, 0.1) is 10.3 Å². The van der Waals surface area contributed by atoms with E-state index in [0.717, 1.165) is 10.5 Å². The van der Waals surface area contributed by atoms with Crippen LogP contribution in [0.3, 0.4) is 0 Å². The summed E-state index contributed by atoms with van der Waals surface area (Å²) in [6.45, 7) is 3.80. The molecule has 0 aliphatic heterocycles. The molecule has 1 aromatic heterocycles. The summed E-state index contributed by atoms with van der Waals surface area (Å²) in [7, 11) is 0. The Balaban J connectivity index is 1.55. The van der Waals surface area contributed by atoms with Crippen LogP contribution in [-0.2, 0) is 4.79 Å². The van der Waals surface area contributed by atoms with Crippen molar-refractivity contribution < 1.29 is 9.59 Å². The molecule has 7 heteroatoms. The monoisotopic (exact) mass is 425 g/mol. The molecule has 0 fully saturated rings. The zero-order valence-corrected chi connectivity index (χ0v) is 17.6. The molecule has 2 amide bonds. The lowest BCUT2D eigenvalue weighted by Crippen LogP contribution is -2.22. The van der Waals surface area contributed by atoms with Gasteiger partial charge in [-0.3, -0.25) is 9.59 Å². The topological polar surface area (TPSA) is 71.1 Å². The first-order chi connectivity index (χ1) is 13.9. The number of aromatic nitrogens is 1. The Hall–Kier alpha value is -2.83. The van der Waals surface area contributed by atoms with Gasteiger partial charge in [0.15, 0.2) is 0 Å². The Morgan fingerprint density at radius 2 is 1.66 bits per heavy atom. The van der Waals surface area contributed by atoms with Crippen LogP contribution >= 0.6 is 23.4 Å². The molecular weight excluding hydrogens is 406 g/mol. The highest BCUT2D eigenvalue weighted by Crippen LogP contribution is 2.26. The van der Waals surface area contributed by atoms with Gasteiger partial charge in [0, 0.05) is 22.3 Å². The van der Waals surface area contributed by atoms with Gasteiger partial charge < -0.3 is 10.6 Å². The fourth-order valence-electron chi connectivity index (χ4n) is 2.46. The zero-order chi connectivity index (χ0) is 20.8. The second-order valence-electron chi connectivity index (χ2n) is 6.46. The molecule has 0 spiro atoms. The van der Waals surface area contributed by atoms with Crippen LogP contribution in [0.2, 0.25) is 5.02 Å². The van der Waals surface area contributed by atoms with E-state index in [0.29, 0.717) is 22.1 Å². The van der Waals surface area contributed by atoms with E-state index in [1.54, 1.807) is 24.3 Å². The van der Waals surface area contributed by atoms with Crippen molar-refractivity contribution in [3.63, 3.8) is 0 Å². The summed E-state index contributed by atoms with van der Waals surface area (Å²) < 4.78 is 0. The van der Waals surface area contributed by atoms with Crippen LogP contribution in [0.25, 0.3) is 0 Å². The van der Waals surface area contributed by atoms with Crippen molar-refractivity contribution in [3.05, 3.63) is 83.0 Å². The molecule has 3 rings (SSSR count). The van der Waals surface area contributed by atoms with Crippen molar-refractivity contribution in [2.45, 2.75) is 24.0 Å². The molecule has 0 saturated heterocycles. The molecule has 1 heterocycles. The highest BCUT2D eigenvalue weighted by molar-refractivity contribution is 8.00. The van der Waals surface area contributed by atoms with E-state index >= 15 is 0 Å². The Bertz CT molecular complexity index is 990. The lowest BCUT2D eigenvalue weighted by molar-refractivity contribution is -0.115. The number of pyridine rings is 1. The number of nitrogens with one attached hydrogen (secondary N) is 2. The summed E-state index contributed by atoms with van der Waals surface area (Å²) >= 11 is 7.22. The Morgan fingerprint density at radius 3 is 2.28 bits per heavy atom. The molecule has 5 nitrogen and oxygen atoms in total. The van der Waals surface area contributed by atoms with Crippen LogP contribution in [0.5, 0.6) is 0 Å². The number of carbonyl (C=O) groups excluding carboxylic acids is 2. The minimum atomic E-state index is -0.319. The molecule has 148 valence electrons. The summed E-state index contributed by atoms with van der Waals surface area (Å²) in [4.78, 5) is 29.6. The van der Waals surface area contributed by atoms with Crippen molar-refractivity contribution in [2.24, 2.45) is 0 Å². The Kier molecular flexibility index (Phi) is 6.90. The van der Waals surface area contributed by atoms with Gasteiger partial charge in [-0.1, -0.05) is 29.3 Å². The summed E-state index contributed by atoms with van der Waals surface area (Å²) in [6.07, 6.45) is 1.48. The largest absolute Gasteiger partial charge is 0.322 e. The molecule has 0 aliphatic carbocycles. The maximum Gasteiger partial charge on any atom is 0.255 e. The smallest absolute Gasteiger partial charge is 0.255 e. The van der Waals surface area contributed by atoms with Gasteiger partial charge in [-0.15, -0.1) is 11.8 Å². The van der Waals surface area contributed by atoms with Gasteiger partial charge in [0.25, 0.3) is 5.91 Å². The molecule has 29 heavy (non-hydrogen) atoms. The zero-order valence-electron chi connectivity index (χ0n) is 16.0. The lowest BCUT2D eigenvalue weighted by atomic mass is 10.1. The maximum absolute atomic E-state index is 12.3. The molecule has 0 aliphatic rings. The fourth-order valence-corrected chi connectivity index (χ4v) is 3.44. The predicted molar refractivity (Wildman–Crippen MR) is 119 cm³/mol. The number of thioether (sulfide) groups is 1. The third-order valence-corrected chi connectivity index (χ3v) is 5.42. The molecule has 2 N–H and O–H groups in total. The van der Waals surface area contributed by atoms with Gasteiger partial charge in [-0.2, -0.15) is 0 Å². The average Bonchev–Trinajstić information content (AvgIpc) is 2.71.